The predicted molar refractivity (Wildman–Crippen MR) is 98.3 cm³/mol. The maximum absolute atomic E-state index is 12.2. The molecular weight excluding hydrogens is 300 g/mol. The summed E-state index contributed by atoms with van der Waals surface area (Å²) in [4.78, 5) is 24.4. The van der Waals surface area contributed by atoms with Crippen molar-refractivity contribution in [2.75, 3.05) is 10.6 Å². The van der Waals surface area contributed by atoms with Gasteiger partial charge in [0.2, 0.25) is 11.8 Å². The second-order valence-electron chi connectivity index (χ2n) is 6.00. The van der Waals surface area contributed by atoms with Gasteiger partial charge in [-0.25, -0.2) is 0 Å². The van der Waals surface area contributed by atoms with Crippen molar-refractivity contribution in [2.45, 2.75) is 40.5 Å². The highest BCUT2D eigenvalue weighted by molar-refractivity contribution is 6.08. The molecule has 4 heteroatoms. The Balaban J connectivity index is 2.04. The Bertz CT molecular complexity index is 746. The number of carbonyl (C=O) groups excluding carboxylic acids is 2. The maximum Gasteiger partial charge on any atom is 0.233 e. The van der Waals surface area contributed by atoms with Crippen molar-refractivity contribution >= 4 is 23.2 Å². The highest BCUT2D eigenvalue weighted by atomic mass is 16.2. The van der Waals surface area contributed by atoms with Crippen molar-refractivity contribution in [3.8, 4) is 0 Å². The minimum absolute atomic E-state index is 0.203. The molecule has 0 atom stereocenters. The van der Waals surface area contributed by atoms with Gasteiger partial charge in [0, 0.05) is 11.4 Å². The van der Waals surface area contributed by atoms with E-state index in [4.69, 9.17) is 0 Å². The Kier molecular flexibility index (Phi) is 5.74. The van der Waals surface area contributed by atoms with Crippen LogP contribution in [0.5, 0.6) is 0 Å². The van der Waals surface area contributed by atoms with Crippen LogP contribution < -0.4 is 10.6 Å². The van der Waals surface area contributed by atoms with Crippen LogP contribution in [-0.2, 0) is 16.0 Å². The zero-order valence-corrected chi connectivity index (χ0v) is 14.7. The summed E-state index contributed by atoms with van der Waals surface area (Å²) in [5, 5.41) is 5.71. The average Bonchev–Trinajstić information content (AvgIpc) is 2.53. The Morgan fingerprint density at radius 1 is 0.792 bits per heavy atom. The van der Waals surface area contributed by atoms with Crippen LogP contribution in [0.2, 0.25) is 0 Å². The summed E-state index contributed by atoms with van der Waals surface area (Å²) in [5.74, 6) is -0.612. The fourth-order valence-corrected chi connectivity index (χ4v) is 2.73. The number of para-hydroxylation sites is 2. The number of amides is 2. The third-order valence-electron chi connectivity index (χ3n) is 4.07. The fraction of sp³-hybridized carbons (Fsp3) is 0.300. The number of benzene rings is 2. The van der Waals surface area contributed by atoms with Gasteiger partial charge in [-0.1, -0.05) is 43.3 Å². The molecule has 4 nitrogen and oxygen atoms in total. The van der Waals surface area contributed by atoms with E-state index in [1.165, 1.54) is 0 Å². The van der Waals surface area contributed by atoms with E-state index in [1.54, 1.807) is 0 Å². The molecule has 0 saturated heterocycles. The SMILES string of the molecule is CCc1cccc(C)c1NC(=O)CC(=O)Nc1c(C)cccc1C. The largest absolute Gasteiger partial charge is 0.325 e. The Hall–Kier alpha value is -2.62. The van der Waals surface area contributed by atoms with Crippen molar-refractivity contribution in [3.63, 3.8) is 0 Å². The van der Waals surface area contributed by atoms with Crippen molar-refractivity contribution in [1.82, 2.24) is 0 Å². The van der Waals surface area contributed by atoms with Gasteiger partial charge in [-0.2, -0.15) is 0 Å². The van der Waals surface area contributed by atoms with Gasteiger partial charge in [-0.15, -0.1) is 0 Å². The molecule has 0 aliphatic rings. The summed E-state index contributed by atoms with van der Waals surface area (Å²) in [6, 6.07) is 11.7. The molecule has 2 rings (SSSR count). The van der Waals surface area contributed by atoms with E-state index < -0.39 is 0 Å². The Morgan fingerprint density at radius 3 is 1.79 bits per heavy atom. The zero-order valence-electron chi connectivity index (χ0n) is 14.7. The van der Waals surface area contributed by atoms with Crippen LogP contribution in [0.3, 0.4) is 0 Å². The van der Waals surface area contributed by atoms with Gasteiger partial charge < -0.3 is 10.6 Å². The smallest absolute Gasteiger partial charge is 0.233 e. The van der Waals surface area contributed by atoms with Crippen molar-refractivity contribution in [1.29, 1.82) is 0 Å². The second-order valence-corrected chi connectivity index (χ2v) is 6.00. The van der Waals surface area contributed by atoms with E-state index in [1.807, 2.05) is 64.1 Å². The van der Waals surface area contributed by atoms with Crippen LogP contribution >= 0.6 is 0 Å². The molecule has 2 aromatic carbocycles. The maximum atomic E-state index is 12.2. The molecule has 2 aromatic rings. The fourth-order valence-electron chi connectivity index (χ4n) is 2.73. The average molecular weight is 324 g/mol. The number of anilines is 2. The van der Waals surface area contributed by atoms with Crippen LogP contribution in [-0.4, -0.2) is 11.8 Å². The summed E-state index contributed by atoms with van der Waals surface area (Å²) in [7, 11) is 0. The molecule has 0 unspecified atom stereocenters. The molecule has 0 fully saturated rings. The van der Waals surface area contributed by atoms with Crippen molar-refractivity contribution < 1.29 is 9.59 Å². The number of carbonyl (C=O) groups is 2. The minimum atomic E-state index is -0.309. The number of nitrogens with one attached hydrogen (secondary N) is 2. The molecule has 0 spiro atoms. The molecule has 2 amide bonds. The Morgan fingerprint density at radius 2 is 1.25 bits per heavy atom. The summed E-state index contributed by atoms with van der Waals surface area (Å²) in [6.07, 6.45) is 0.622. The van der Waals surface area contributed by atoms with Crippen molar-refractivity contribution in [3.05, 3.63) is 58.7 Å². The highest BCUT2D eigenvalue weighted by Crippen LogP contribution is 2.22. The van der Waals surface area contributed by atoms with E-state index in [-0.39, 0.29) is 18.2 Å². The van der Waals surface area contributed by atoms with Crippen LogP contribution in [0.4, 0.5) is 11.4 Å². The monoisotopic (exact) mass is 324 g/mol. The van der Waals surface area contributed by atoms with Crippen LogP contribution in [0.15, 0.2) is 36.4 Å². The molecule has 0 aliphatic heterocycles. The molecule has 2 N–H and O–H groups in total. The molecule has 0 radical (unpaired) electrons. The number of hydrogen-bond acceptors (Lipinski definition) is 2. The first-order valence-corrected chi connectivity index (χ1v) is 8.16. The van der Waals surface area contributed by atoms with E-state index >= 15 is 0 Å². The number of rotatable bonds is 5. The third-order valence-corrected chi connectivity index (χ3v) is 4.07. The van der Waals surface area contributed by atoms with Gasteiger partial charge in [0.15, 0.2) is 0 Å². The van der Waals surface area contributed by atoms with Gasteiger partial charge in [0.1, 0.15) is 6.42 Å². The lowest BCUT2D eigenvalue weighted by Gasteiger charge is -2.14. The summed E-state index contributed by atoms with van der Waals surface area (Å²) in [6.45, 7) is 7.86. The Labute approximate surface area is 143 Å². The summed E-state index contributed by atoms with van der Waals surface area (Å²) in [5.41, 5.74) is 5.62. The lowest BCUT2D eigenvalue weighted by molar-refractivity contribution is -0.123. The molecular formula is C20H24N2O2. The van der Waals surface area contributed by atoms with Gasteiger partial charge >= 0.3 is 0 Å². The first-order valence-electron chi connectivity index (χ1n) is 8.16. The van der Waals surface area contributed by atoms with Crippen LogP contribution in [0.1, 0.15) is 35.6 Å². The van der Waals surface area contributed by atoms with E-state index in [0.29, 0.717) is 0 Å². The molecule has 0 bridgehead atoms. The summed E-state index contributed by atoms with van der Waals surface area (Å²) < 4.78 is 0. The predicted octanol–water partition coefficient (Wildman–Crippen LogP) is 4.14. The van der Waals surface area contributed by atoms with Gasteiger partial charge in [0.25, 0.3) is 0 Å². The van der Waals surface area contributed by atoms with Gasteiger partial charge in [-0.05, 0) is 49.4 Å². The van der Waals surface area contributed by atoms with Gasteiger partial charge in [-0.3, -0.25) is 9.59 Å². The van der Waals surface area contributed by atoms with Gasteiger partial charge in [0.05, 0.1) is 0 Å². The molecule has 24 heavy (non-hydrogen) atoms. The third kappa shape index (κ3) is 4.22. The molecule has 0 aliphatic carbocycles. The first-order chi connectivity index (χ1) is 11.4. The summed E-state index contributed by atoms with van der Waals surface area (Å²) >= 11 is 0. The normalized spacial score (nSPS) is 10.3. The standard InChI is InChI=1S/C20H24N2O2/c1-5-16-11-7-10-15(4)20(16)22-18(24)12-17(23)21-19-13(2)8-6-9-14(19)3/h6-11H,5,12H2,1-4H3,(H,21,23)(H,22,24). The second kappa shape index (κ2) is 7.77. The minimum Gasteiger partial charge on any atom is -0.325 e. The quantitative estimate of drug-likeness (QED) is 0.812. The van der Waals surface area contributed by atoms with Crippen LogP contribution in [0.25, 0.3) is 0 Å². The zero-order chi connectivity index (χ0) is 17.7. The van der Waals surface area contributed by atoms with Crippen molar-refractivity contribution in [2.24, 2.45) is 0 Å². The topological polar surface area (TPSA) is 58.2 Å². The first kappa shape index (κ1) is 17.7. The molecule has 0 saturated carbocycles. The molecule has 0 aromatic heterocycles. The van der Waals surface area contributed by atoms with E-state index in [9.17, 15) is 9.59 Å². The number of hydrogen-bond donors (Lipinski definition) is 2. The lowest BCUT2D eigenvalue weighted by Crippen LogP contribution is -2.23. The molecule has 126 valence electrons. The highest BCUT2D eigenvalue weighted by Gasteiger charge is 2.14. The van der Waals surface area contributed by atoms with Crippen LogP contribution in [0, 0.1) is 20.8 Å². The van der Waals surface area contributed by atoms with E-state index in [0.717, 1.165) is 40.0 Å². The number of aryl methyl sites for hydroxylation is 4. The lowest BCUT2D eigenvalue weighted by atomic mass is 10.1. The molecule has 0 heterocycles. The van der Waals surface area contributed by atoms with E-state index in [2.05, 4.69) is 10.6 Å².